The topological polar surface area (TPSA) is 83.3 Å². The Balaban J connectivity index is 1.97. The van der Waals surface area contributed by atoms with E-state index in [2.05, 4.69) is 20.5 Å². The average Bonchev–Trinajstić information content (AvgIpc) is 2.38. The van der Waals surface area contributed by atoms with Crippen LogP contribution < -0.4 is 21.3 Å². The number of piperazine rings is 1. The number of carbonyl (C=O) groups is 1. The minimum absolute atomic E-state index is 0.310. The number of fused-ring (bicyclic) bond motifs is 3. The van der Waals surface area contributed by atoms with Gasteiger partial charge in [0.1, 0.15) is 5.69 Å². The Bertz CT molecular complexity index is 461. The fourth-order valence-corrected chi connectivity index (χ4v) is 2.43. The van der Waals surface area contributed by atoms with Gasteiger partial charge in [0.05, 0.1) is 11.7 Å². The number of amides is 1. The summed E-state index contributed by atoms with van der Waals surface area (Å²) in [5.74, 6) is 0.275. The van der Waals surface area contributed by atoms with Crippen LogP contribution in [0.15, 0.2) is 12.1 Å². The van der Waals surface area contributed by atoms with E-state index in [1.807, 2.05) is 6.07 Å². The molecule has 2 aliphatic rings. The van der Waals surface area contributed by atoms with Crippen molar-refractivity contribution in [3.8, 4) is 0 Å². The number of anilines is 2. The fourth-order valence-electron chi connectivity index (χ4n) is 2.43. The maximum Gasteiger partial charge on any atom is 0.267 e. The minimum Gasteiger partial charge on any atom is -0.366 e. The molecule has 1 atom stereocenters. The largest absolute Gasteiger partial charge is 0.366 e. The molecule has 1 unspecified atom stereocenters. The van der Waals surface area contributed by atoms with Gasteiger partial charge in [-0.3, -0.25) is 4.79 Å². The third-order valence-corrected chi connectivity index (χ3v) is 3.29. The van der Waals surface area contributed by atoms with Crippen LogP contribution in [-0.2, 0) is 0 Å². The van der Waals surface area contributed by atoms with Crippen molar-refractivity contribution in [3.63, 3.8) is 0 Å². The molecule has 3 rings (SSSR count). The number of nitrogens with one attached hydrogen (secondary N) is 2. The second-order valence-electron chi connectivity index (χ2n) is 4.36. The molecule has 0 bridgehead atoms. The van der Waals surface area contributed by atoms with Crippen LogP contribution in [0, 0.1) is 0 Å². The van der Waals surface area contributed by atoms with Crippen molar-refractivity contribution in [2.75, 3.05) is 36.4 Å². The van der Waals surface area contributed by atoms with E-state index in [-0.39, 0.29) is 0 Å². The molecule has 17 heavy (non-hydrogen) atoms. The van der Waals surface area contributed by atoms with Crippen LogP contribution >= 0.6 is 0 Å². The Hall–Kier alpha value is -1.82. The van der Waals surface area contributed by atoms with Gasteiger partial charge in [-0.25, -0.2) is 4.98 Å². The molecule has 0 saturated carbocycles. The summed E-state index contributed by atoms with van der Waals surface area (Å²) in [6.07, 6.45) is 0. The van der Waals surface area contributed by atoms with Gasteiger partial charge in [0.25, 0.3) is 5.91 Å². The lowest BCUT2D eigenvalue weighted by Gasteiger charge is -2.42. The Morgan fingerprint density at radius 2 is 2.35 bits per heavy atom. The Labute approximate surface area is 99.2 Å². The lowest BCUT2D eigenvalue weighted by molar-refractivity contribution is 0.0995. The molecule has 1 aromatic rings. The first-order chi connectivity index (χ1) is 8.25. The Morgan fingerprint density at radius 3 is 3.18 bits per heavy atom. The zero-order chi connectivity index (χ0) is 11.8. The third kappa shape index (κ3) is 1.70. The highest BCUT2D eigenvalue weighted by molar-refractivity contribution is 5.92. The molecule has 6 nitrogen and oxygen atoms in total. The standard InChI is InChI=1S/C11H15N5O/c12-10(17)8-1-2-9-11(15-8)14-6-7-5-13-3-4-16(7)9/h1-2,7,13H,3-6H2,(H2,12,17)(H,14,15). The van der Waals surface area contributed by atoms with E-state index in [1.54, 1.807) is 6.07 Å². The highest BCUT2D eigenvalue weighted by atomic mass is 16.1. The Kier molecular flexibility index (Phi) is 2.36. The number of nitrogens with zero attached hydrogens (tertiary/aromatic N) is 2. The molecule has 3 heterocycles. The summed E-state index contributed by atoms with van der Waals surface area (Å²) in [6, 6.07) is 4.07. The quantitative estimate of drug-likeness (QED) is 0.602. The molecule has 1 amide bonds. The number of rotatable bonds is 1. The lowest BCUT2D eigenvalue weighted by Crippen LogP contribution is -2.56. The van der Waals surface area contributed by atoms with Gasteiger partial charge in [0.2, 0.25) is 0 Å². The molecule has 4 N–H and O–H groups in total. The second kappa shape index (κ2) is 3.89. The highest BCUT2D eigenvalue weighted by Gasteiger charge is 2.29. The molecule has 1 aromatic heterocycles. The van der Waals surface area contributed by atoms with Crippen LogP contribution in [0.25, 0.3) is 0 Å². The van der Waals surface area contributed by atoms with E-state index in [0.717, 1.165) is 37.7 Å². The molecule has 0 aliphatic carbocycles. The SMILES string of the molecule is NC(=O)c1ccc2c(n1)NCC1CNCCN21. The predicted octanol–water partition coefficient (Wildman–Crippen LogP) is -0.616. The number of hydrogen-bond donors (Lipinski definition) is 3. The average molecular weight is 233 g/mol. The number of primary amides is 1. The van der Waals surface area contributed by atoms with E-state index in [1.165, 1.54) is 0 Å². The molecule has 1 fully saturated rings. The van der Waals surface area contributed by atoms with Gasteiger partial charge in [-0.05, 0) is 12.1 Å². The maximum atomic E-state index is 11.1. The van der Waals surface area contributed by atoms with Crippen LogP contribution in [0.1, 0.15) is 10.5 Å². The van der Waals surface area contributed by atoms with Gasteiger partial charge < -0.3 is 21.3 Å². The van der Waals surface area contributed by atoms with Crippen LogP contribution in [-0.4, -0.2) is 43.1 Å². The molecule has 90 valence electrons. The smallest absolute Gasteiger partial charge is 0.267 e. The summed E-state index contributed by atoms with van der Waals surface area (Å²) in [5.41, 5.74) is 6.60. The summed E-state index contributed by atoms with van der Waals surface area (Å²) >= 11 is 0. The van der Waals surface area contributed by atoms with E-state index < -0.39 is 5.91 Å². The van der Waals surface area contributed by atoms with Crippen molar-refractivity contribution in [1.82, 2.24) is 10.3 Å². The number of nitrogens with two attached hydrogens (primary N) is 1. The van der Waals surface area contributed by atoms with E-state index >= 15 is 0 Å². The van der Waals surface area contributed by atoms with Crippen molar-refractivity contribution >= 4 is 17.4 Å². The molecule has 0 radical (unpaired) electrons. The molecule has 0 spiro atoms. The first-order valence-corrected chi connectivity index (χ1v) is 5.78. The van der Waals surface area contributed by atoms with Gasteiger partial charge in [-0.1, -0.05) is 0 Å². The number of hydrogen-bond acceptors (Lipinski definition) is 5. The van der Waals surface area contributed by atoms with Crippen molar-refractivity contribution in [1.29, 1.82) is 0 Å². The number of aromatic nitrogens is 1. The molecule has 1 saturated heterocycles. The van der Waals surface area contributed by atoms with Gasteiger partial charge >= 0.3 is 0 Å². The number of pyridine rings is 1. The first-order valence-electron chi connectivity index (χ1n) is 5.78. The summed E-state index contributed by atoms with van der Waals surface area (Å²) in [7, 11) is 0. The lowest BCUT2D eigenvalue weighted by atomic mass is 10.1. The molecular weight excluding hydrogens is 218 g/mol. The summed E-state index contributed by atoms with van der Waals surface area (Å²) in [4.78, 5) is 17.7. The van der Waals surface area contributed by atoms with Crippen molar-refractivity contribution in [3.05, 3.63) is 17.8 Å². The van der Waals surface area contributed by atoms with Gasteiger partial charge in [0.15, 0.2) is 5.82 Å². The van der Waals surface area contributed by atoms with E-state index in [0.29, 0.717) is 11.7 Å². The first kappa shape index (κ1) is 10.3. The minimum atomic E-state index is -0.489. The molecular formula is C11H15N5O. The van der Waals surface area contributed by atoms with E-state index in [9.17, 15) is 4.79 Å². The maximum absolute atomic E-state index is 11.1. The predicted molar refractivity (Wildman–Crippen MR) is 65.2 cm³/mol. The zero-order valence-corrected chi connectivity index (χ0v) is 9.44. The third-order valence-electron chi connectivity index (χ3n) is 3.29. The summed E-state index contributed by atoms with van der Waals surface area (Å²) in [6.45, 7) is 3.77. The van der Waals surface area contributed by atoms with Gasteiger partial charge in [0, 0.05) is 26.2 Å². The zero-order valence-electron chi connectivity index (χ0n) is 9.44. The van der Waals surface area contributed by atoms with Crippen molar-refractivity contribution in [2.24, 2.45) is 5.73 Å². The van der Waals surface area contributed by atoms with Crippen LogP contribution in [0.5, 0.6) is 0 Å². The molecule has 6 heteroatoms. The van der Waals surface area contributed by atoms with Crippen LogP contribution in [0.4, 0.5) is 11.5 Å². The van der Waals surface area contributed by atoms with Crippen LogP contribution in [0.2, 0.25) is 0 Å². The van der Waals surface area contributed by atoms with E-state index in [4.69, 9.17) is 5.73 Å². The summed E-state index contributed by atoms with van der Waals surface area (Å²) < 4.78 is 0. The summed E-state index contributed by atoms with van der Waals surface area (Å²) in [5, 5.41) is 6.62. The Morgan fingerprint density at radius 1 is 1.47 bits per heavy atom. The van der Waals surface area contributed by atoms with Crippen molar-refractivity contribution in [2.45, 2.75) is 6.04 Å². The number of carbonyl (C=O) groups excluding carboxylic acids is 1. The van der Waals surface area contributed by atoms with Crippen LogP contribution in [0.3, 0.4) is 0 Å². The fraction of sp³-hybridized carbons (Fsp3) is 0.455. The normalized spacial score (nSPS) is 22.4. The van der Waals surface area contributed by atoms with Gasteiger partial charge in [-0.15, -0.1) is 0 Å². The second-order valence-corrected chi connectivity index (χ2v) is 4.36. The highest BCUT2D eigenvalue weighted by Crippen LogP contribution is 2.30. The van der Waals surface area contributed by atoms with Gasteiger partial charge in [-0.2, -0.15) is 0 Å². The van der Waals surface area contributed by atoms with Crippen molar-refractivity contribution < 1.29 is 4.79 Å². The molecule has 0 aromatic carbocycles. The molecule has 2 aliphatic heterocycles. The monoisotopic (exact) mass is 233 g/mol.